The second-order valence-corrected chi connectivity index (χ2v) is 8.79. The summed E-state index contributed by atoms with van der Waals surface area (Å²) >= 11 is 7.45. The van der Waals surface area contributed by atoms with Crippen LogP contribution in [0.4, 0.5) is 11.6 Å². The zero-order chi connectivity index (χ0) is 21.7. The molecule has 1 amide bonds. The van der Waals surface area contributed by atoms with Crippen molar-refractivity contribution in [3.63, 3.8) is 0 Å². The average Bonchev–Trinajstić information content (AvgIpc) is 3.04. The van der Waals surface area contributed by atoms with Gasteiger partial charge in [-0.25, -0.2) is 4.98 Å². The van der Waals surface area contributed by atoms with E-state index in [2.05, 4.69) is 30.6 Å². The Morgan fingerprint density at radius 2 is 2.00 bits per heavy atom. The molecule has 0 bridgehead atoms. The number of nitrogens with zero attached hydrogens (tertiary/aromatic N) is 5. The van der Waals surface area contributed by atoms with Gasteiger partial charge in [0, 0.05) is 48.2 Å². The van der Waals surface area contributed by atoms with Crippen molar-refractivity contribution in [2.45, 2.75) is 13.0 Å². The number of ether oxygens (including phenoxy) is 1. The number of carbonyl (C=O) groups excluding carboxylic acids is 1. The molecule has 0 fully saturated rings. The second-order valence-electron chi connectivity index (χ2n) is 7.40. The highest BCUT2D eigenvalue weighted by Gasteiger charge is 2.24. The molecular weight excluding hydrogens is 438 g/mol. The number of fused-ring (bicyclic) bond motifs is 5. The van der Waals surface area contributed by atoms with E-state index >= 15 is 0 Å². The molecule has 0 saturated heterocycles. The third-order valence-corrected chi connectivity index (χ3v) is 6.16. The topological polar surface area (TPSA) is 105 Å². The number of rotatable bonds is 3. The predicted molar refractivity (Wildman–Crippen MR) is 122 cm³/mol. The van der Waals surface area contributed by atoms with Crippen molar-refractivity contribution in [2.24, 2.45) is 0 Å². The SMILES string of the molecule is C[C@H]1CNc2c(sc3ccc4nc(Oc5nc(Cl)nc(N(C)C)n5)ccc4c23)C(=O)N1. The fourth-order valence-electron chi connectivity index (χ4n) is 3.42. The van der Waals surface area contributed by atoms with Crippen LogP contribution < -0.4 is 20.3 Å². The number of benzene rings is 1. The van der Waals surface area contributed by atoms with E-state index in [1.54, 1.807) is 25.1 Å². The Morgan fingerprint density at radius 3 is 2.81 bits per heavy atom. The zero-order valence-electron chi connectivity index (χ0n) is 16.9. The van der Waals surface area contributed by atoms with Gasteiger partial charge in [0.15, 0.2) is 0 Å². The molecule has 2 N–H and O–H groups in total. The highest BCUT2D eigenvalue weighted by Crippen LogP contribution is 2.41. The fourth-order valence-corrected chi connectivity index (χ4v) is 4.67. The number of nitrogens with one attached hydrogen (secondary N) is 2. The zero-order valence-corrected chi connectivity index (χ0v) is 18.5. The smallest absolute Gasteiger partial charge is 0.329 e. The molecule has 0 saturated carbocycles. The molecule has 1 atom stereocenters. The summed E-state index contributed by atoms with van der Waals surface area (Å²) in [4.78, 5) is 31.9. The Bertz CT molecular complexity index is 1340. The third-order valence-electron chi connectivity index (χ3n) is 4.84. The van der Waals surface area contributed by atoms with Crippen molar-refractivity contribution < 1.29 is 9.53 Å². The van der Waals surface area contributed by atoms with E-state index in [0.717, 1.165) is 26.7 Å². The summed E-state index contributed by atoms with van der Waals surface area (Å²) < 4.78 is 6.77. The van der Waals surface area contributed by atoms with Crippen molar-refractivity contribution in [3.8, 4) is 11.9 Å². The molecular formula is C20H18ClN7O2S. The third kappa shape index (κ3) is 3.57. The maximum atomic E-state index is 12.6. The van der Waals surface area contributed by atoms with Gasteiger partial charge in [-0.1, -0.05) is 0 Å². The normalized spacial score (nSPS) is 15.9. The van der Waals surface area contributed by atoms with E-state index in [4.69, 9.17) is 16.3 Å². The molecule has 158 valence electrons. The molecule has 0 spiro atoms. The number of amides is 1. The van der Waals surface area contributed by atoms with Gasteiger partial charge in [-0.2, -0.15) is 15.0 Å². The van der Waals surface area contributed by atoms with Gasteiger partial charge in [-0.3, -0.25) is 4.79 Å². The summed E-state index contributed by atoms with van der Waals surface area (Å²) in [5.41, 5.74) is 1.58. The number of pyridine rings is 1. The molecule has 3 aromatic heterocycles. The number of hydrogen-bond donors (Lipinski definition) is 2. The van der Waals surface area contributed by atoms with Gasteiger partial charge in [0.25, 0.3) is 5.91 Å². The summed E-state index contributed by atoms with van der Waals surface area (Å²) in [6.07, 6.45) is 0. The van der Waals surface area contributed by atoms with Crippen LogP contribution in [0.5, 0.6) is 11.9 Å². The molecule has 11 heteroatoms. The molecule has 4 aromatic rings. The molecule has 9 nitrogen and oxygen atoms in total. The van der Waals surface area contributed by atoms with Crippen molar-refractivity contribution in [1.29, 1.82) is 0 Å². The number of anilines is 2. The van der Waals surface area contributed by atoms with Crippen LogP contribution in [0.3, 0.4) is 0 Å². The van der Waals surface area contributed by atoms with E-state index < -0.39 is 0 Å². The minimum Gasteiger partial charge on any atom is -0.405 e. The summed E-state index contributed by atoms with van der Waals surface area (Å²) in [6, 6.07) is 7.67. The van der Waals surface area contributed by atoms with Gasteiger partial charge in [-0.15, -0.1) is 11.3 Å². The standard InChI is InChI=1S/C20H18ClN7O2S/c1-9-8-22-15-14-10-4-7-13(30-20-26-18(21)25-19(27-20)28(2)3)24-11(10)5-6-12(14)31-16(15)17(29)23-9/h4-7,9,22H,8H2,1-3H3,(H,23,29)/t9-/m0/s1. The lowest BCUT2D eigenvalue weighted by atomic mass is 10.1. The van der Waals surface area contributed by atoms with Gasteiger partial charge >= 0.3 is 6.01 Å². The van der Waals surface area contributed by atoms with Crippen LogP contribution in [0, 0.1) is 0 Å². The Morgan fingerprint density at radius 1 is 1.16 bits per heavy atom. The van der Waals surface area contributed by atoms with E-state index in [0.29, 0.717) is 23.3 Å². The Hall–Kier alpha value is -3.24. The van der Waals surface area contributed by atoms with E-state index in [1.165, 1.54) is 11.3 Å². The number of hydrogen-bond acceptors (Lipinski definition) is 9. The maximum Gasteiger partial charge on any atom is 0.329 e. The van der Waals surface area contributed by atoms with Gasteiger partial charge in [0.1, 0.15) is 4.88 Å². The van der Waals surface area contributed by atoms with Gasteiger partial charge in [0.2, 0.25) is 17.1 Å². The van der Waals surface area contributed by atoms with Crippen LogP contribution in [-0.2, 0) is 0 Å². The Labute approximate surface area is 186 Å². The van der Waals surface area contributed by atoms with Crippen LogP contribution in [0.1, 0.15) is 16.6 Å². The van der Waals surface area contributed by atoms with Gasteiger partial charge in [0.05, 0.1) is 11.2 Å². The Balaban J connectivity index is 1.57. The van der Waals surface area contributed by atoms with Crippen LogP contribution in [-0.4, -0.2) is 52.5 Å². The quantitative estimate of drug-likeness (QED) is 0.482. The molecule has 0 aliphatic carbocycles. The Kier molecular flexibility index (Phi) is 4.75. The number of carbonyl (C=O) groups is 1. The number of thiophene rings is 1. The lowest BCUT2D eigenvalue weighted by molar-refractivity contribution is 0.0949. The number of halogens is 1. The van der Waals surface area contributed by atoms with Crippen molar-refractivity contribution >= 4 is 61.5 Å². The molecule has 1 aliphatic heterocycles. The first-order valence-corrected chi connectivity index (χ1v) is 10.8. The monoisotopic (exact) mass is 455 g/mol. The summed E-state index contributed by atoms with van der Waals surface area (Å²) in [5.74, 6) is 0.662. The van der Waals surface area contributed by atoms with Crippen molar-refractivity contribution in [1.82, 2.24) is 25.3 Å². The predicted octanol–water partition coefficient (Wildman–Crippen LogP) is 3.69. The van der Waals surface area contributed by atoms with Gasteiger partial charge in [-0.05, 0) is 36.7 Å². The van der Waals surface area contributed by atoms with E-state index in [9.17, 15) is 4.79 Å². The minimum absolute atomic E-state index is 0.0377. The molecule has 4 heterocycles. The minimum atomic E-state index is -0.0572. The van der Waals surface area contributed by atoms with Crippen LogP contribution in [0.2, 0.25) is 5.28 Å². The first kappa shape index (κ1) is 19.7. The first-order chi connectivity index (χ1) is 14.9. The van der Waals surface area contributed by atoms with Crippen molar-refractivity contribution in [3.05, 3.63) is 34.4 Å². The summed E-state index contributed by atoms with van der Waals surface area (Å²) in [7, 11) is 3.60. The van der Waals surface area contributed by atoms with Crippen LogP contribution >= 0.6 is 22.9 Å². The molecule has 31 heavy (non-hydrogen) atoms. The molecule has 1 aliphatic rings. The van der Waals surface area contributed by atoms with E-state index in [1.807, 2.05) is 25.1 Å². The molecule has 1 aromatic carbocycles. The average molecular weight is 456 g/mol. The molecule has 5 rings (SSSR count). The van der Waals surface area contributed by atoms with Crippen LogP contribution in [0.15, 0.2) is 24.3 Å². The van der Waals surface area contributed by atoms with Crippen LogP contribution in [0.25, 0.3) is 21.0 Å². The lowest BCUT2D eigenvalue weighted by Crippen LogP contribution is -2.34. The van der Waals surface area contributed by atoms with E-state index in [-0.39, 0.29) is 23.2 Å². The first-order valence-electron chi connectivity index (χ1n) is 9.57. The summed E-state index contributed by atoms with van der Waals surface area (Å²) in [6.45, 7) is 2.63. The maximum absolute atomic E-state index is 12.6. The highest BCUT2D eigenvalue weighted by molar-refractivity contribution is 7.21. The van der Waals surface area contributed by atoms with Crippen molar-refractivity contribution in [2.75, 3.05) is 30.9 Å². The fraction of sp³-hybridized carbons (Fsp3) is 0.250. The lowest BCUT2D eigenvalue weighted by Gasteiger charge is -2.11. The largest absolute Gasteiger partial charge is 0.405 e. The highest BCUT2D eigenvalue weighted by atomic mass is 35.5. The molecule has 0 unspecified atom stereocenters. The van der Waals surface area contributed by atoms with Gasteiger partial charge < -0.3 is 20.3 Å². The second kappa shape index (κ2) is 7.47. The number of aromatic nitrogens is 4. The molecule has 0 radical (unpaired) electrons. The summed E-state index contributed by atoms with van der Waals surface area (Å²) in [5, 5.41) is 8.37.